The Morgan fingerprint density at radius 3 is 1.52 bits per heavy atom. The first kappa shape index (κ1) is 20.5. The summed E-state index contributed by atoms with van der Waals surface area (Å²) >= 11 is 0. The molecule has 0 heterocycles. The second-order valence-electron chi connectivity index (χ2n) is 7.81. The van der Waals surface area contributed by atoms with E-state index in [1.54, 1.807) is 12.1 Å². The summed E-state index contributed by atoms with van der Waals surface area (Å²) in [5, 5.41) is 20.4. The number of hydrogen-bond acceptors (Lipinski definition) is 5. The van der Waals surface area contributed by atoms with Crippen LogP contribution in [0.5, 0.6) is 11.5 Å². The molecule has 3 rings (SSSR count). The Hall–Kier alpha value is -3.21. The lowest BCUT2D eigenvalue weighted by atomic mass is 9.86. The fourth-order valence-corrected chi connectivity index (χ4v) is 3.60. The number of Topliss-reactive ketones (excluding diaryl/α,β-unsaturated/α-hetero) is 1. The van der Waals surface area contributed by atoms with Crippen LogP contribution in [0.4, 0.5) is 11.4 Å². The first-order valence-electron chi connectivity index (χ1n) is 9.73. The Labute approximate surface area is 172 Å². The maximum Gasteiger partial charge on any atom is 0.185 e. The summed E-state index contributed by atoms with van der Waals surface area (Å²) in [5.74, 6) is 0.420. The van der Waals surface area contributed by atoms with Crippen molar-refractivity contribution in [2.75, 3.05) is 38.0 Å². The highest BCUT2D eigenvalue weighted by atomic mass is 16.3. The molecule has 0 amide bonds. The number of ketones is 1. The van der Waals surface area contributed by atoms with Crippen molar-refractivity contribution in [2.24, 2.45) is 0 Å². The highest BCUT2D eigenvalue weighted by molar-refractivity contribution is 6.14. The zero-order valence-corrected chi connectivity index (χ0v) is 17.4. The summed E-state index contributed by atoms with van der Waals surface area (Å²) in [4.78, 5) is 16.7. The molecule has 0 radical (unpaired) electrons. The Morgan fingerprint density at radius 2 is 1.17 bits per heavy atom. The van der Waals surface area contributed by atoms with Crippen LogP contribution in [0.15, 0.2) is 47.5 Å². The monoisotopic (exact) mass is 392 g/mol. The number of carbonyl (C=O) groups excluding carboxylic acids is 1. The number of phenolic OH excluding ortho intramolecular Hbond substituents is 2. The van der Waals surface area contributed by atoms with E-state index in [9.17, 15) is 15.0 Å². The Morgan fingerprint density at radius 1 is 0.759 bits per heavy atom. The van der Waals surface area contributed by atoms with E-state index in [1.807, 2.05) is 74.4 Å². The van der Waals surface area contributed by atoms with Crippen LogP contribution in [0.25, 0.3) is 12.2 Å². The van der Waals surface area contributed by atoms with Crippen LogP contribution < -0.4 is 9.80 Å². The zero-order chi connectivity index (χ0) is 21.1. The lowest BCUT2D eigenvalue weighted by Crippen LogP contribution is -2.12. The number of allylic oxidation sites excluding steroid dienone is 2. The van der Waals surface area contributed by atoms with E-state index in [0.29, 0.717) is 0 Å². The van der Waals surface area contributed by atoms with E-state index in [2.05, 4.69) is 0 Å². The number of phenols is 2. The molecule has 2 aromatic rings. The topological polar surface area (TPSA) is 64.0 Å². The predicted octanol–water partition coefficient (Wildman–Crippen LogP) is 4.45. The molecule has 29 heavy (non-hydrogen) atoms. The number of nitrogens with zero attached hydrogens (tertiary/aromatic N) is 2. The van der Waals surface area contributed by atoms with Gasteiger partial charge >= 0.3 is 0 Å². The van der Waals surface area contributed by atoms with Crippen molar-refractivity contribution in [1.29, 1.82) is 0 Å². The molecule has 1 aliphatic rings. The van der Waals surface area contributed by atoms with E-state index in [1.165, 1.54) is 0 Å². The molecule has 0 aromatic heterocycles. The SMILES string of the molecule is CN(C)c1ccc(/C=C2\CCC/C(=C\c3ccc(N(C)C)c(O)c3)C2=O)cc1O. The average Bonchev–Trinajstić information content (AvgIpc) is 2.64. The minimum Gasteiger partial charge on any atom is -0.506 e. The van der Waals surface area contributed by atoms with Crippen molar-refractivity contribution in [3.05, 3.63) is 58.7 Å². The molecule has 5 heteroatoms. The van der Waals surface area contributed by atoms with Gasteiger partial charge in [-0.15, -0.1) is 0 Å². The van der Waals surface area contributed by atoms with E-state index >= 15 is 0 Å². The van der Waals surface area contributed by atoms with Crippen molar-refractivity contribution in [3.8, 4) is 11.5 Å². The quantitative estimate of drug-likeness (QED) is 0.753. The average molecular weight is 392 g/mol. The maximum atomic E-state index is 13.0. The van der Waals surface area contributed by atoms with Gasteiger partial charge in [0, 0.05) is 39.3 Å². The molecule has 5 nitrogen and oxygen atoms in total. The highest BCUT2D eigenvalue weighted by Crippen LogP contribution is 2.32. The minimum absolute atomic E-state index is 0.0311. The van der Waals surface area contributed by atoms with Gasteiger partial charge in [0.2, 0.25) is 0 Å². The van der Waals surface area contributed by atoms with Gasteiger partial charge in [-0.3, -0.25) is 4.79 Å². The second-order valence-corrected chi connectivity index (χ2v) is 7.81. The Kier molecular flexibility index (Phi) is 5.97. The fourth-order valence-electron chi connectivity index (χ4n) is 3.60. The molecular weight excluding hydrogens is 364 g/mol. The summed E-state index contributed by atoms with van der Waals surface area (Å²) in [6.07, 6.45) is 6.06. The molecule has 0 spiro atoms. The number of carbonyl (C=O) groups is 1. The van der Waals surface area contributed by atoms with Gasteiger partial charge in [-0.05, 0) is 66.8 Å². The maximum absolute atomic E-state index is 13.0. The van der Waals surface area contributed by atoms with Gasteiger partial charge < -0.3 is 20.0 Å². The van der Waals surface area contributed by atoms with Crippen molar-refractivity contribution in [3.63, 3.8) is 0 Å². The van der Waals surface area contributed by atoms with Crippen LogP contribution in [-0.4, -0.2) is 44.2 Å². The van der Waals surface area contributed by atoms with Crippen LogP contribution in [0.1, 0.15) is 30.4 Å². The van der Waals surface area contributed by atoms with Crippen molar-refractivity contribution >= 4 is 29.3 Å². The molecule has 2 N–H and O–H groups in total. The van der Waals surface area contributed by atoms with Crippen LogP contribution >= 0.6 is 0 Å². The number of aromatic hydroxyl groups is 2. The van der Waals surface area contributed by atoms with Crippen LogP contribution in [0.2, 0.25) is 0 Å². The summed E-state index contributed by atoms with van der Waals surface area (Å²) in [7, 11) is 7.49. The third kappa shape index (κ3) is 4.62. The predicted molar refractivity (Wildman–Crippen MR) is 120 cm³/mol. The number of rotatable bonds is 4. The van der Waals surface area contributed by atoms with Gasteiger partial charge in [0.05, 0.1) is 11.4 Å². The van der Waals surface area contributed by atoms with Crippen LogP contribution in [-0.2, 0) is 4.79 Å². The van der Waals surface area contributed by atoms with Gasteiger partial charge in [-0.25, -0.2) is 0 Å². The third-order valence-electron chi connectivity index (χ3n) is 5.12. The van der Waals surface area contributed by atoms with Gasteiger partial charge in [-0.1, -0.05) is 12.1 Å². The van der Waals surface area contributed by atoms with E-state index in [-0.39, 0.29) is 17.3 Å². The number of hydrogen-bond donors (Lipinski definition) is 2. The molecular formula is C24H28N2O3. The largest absolute Gasteiger partial charge is 0.506 e. The van der Waals surface area contributed by atoms with Crippen LogP contribution in [0, 0.1) is 0 Å². The Bertz CT molecular complexity index is 910. The van der Waals surface area contributed by atoms with Gasteiger partial charge in [0.25, 0.3) is 0 Å². The molecule has 152 valence electrons. The van der Waals surface area contributed by atoms with E-state index in [4.69, 9.17) is 0 Å². The van der Waals surface area contributed by atoms with Gasteiger partial charge in [0.15, 0.2) is 5.78 Å². The van der Waals surface area contributed by atoms with Crippen molar-refractivity contribution < 1.29 is 15.0 Å². The van der Waals surface area contributed by atoms with Crippen molar-refractivity contribution in [1.82, 2.24) is 0 Å². The lowest BCUT2D eigenvalue weighted by Gasteiger charge is -2.18. The molecule has 1 fully saturated rings. The summed E-state index contributed by atoms with van der Waals surface area (Å²) in [5.41, 5.74) is 4.59. The molecule has 1 aliphatic carbocycles. The first-order chi connectivity index (χ1) is 13.8. The van der Waals surface area contributed by atoms with Crippen molar-refractivity contribution in [2.45, 2.75) is 19.3 Å². The minimum atomic E-state index is 0.0311. The van der Waals surface area contributed by atoms with Gasteiger partial charge in [-0.2, -0.15) is 0 Å². The van der Waals surface area contributed by atoms with E-state index in [0.717, 1.165) is 52.9 Å². The third-order valence-corrected chi connectivity index (χ3v) is 5.12. The number of anilines is 2. The molecule has 2 aromatic carbocycles. The fraction of sp³-hybridized carbons (Fsp3) is 0.292. The zero-order valence-electron chi connectivity index (χ0n) is 17.4. The van der Waals surface area contributed by atoms with E-state index < -0.39 is 0 Å². The molecule has 0 atom stereocenters. The molecule has 1 saturated carbocycles. The molecule has 0 saturated heterocycles. The lowest BCUT2D eigenvalue weighted by molar-refractivity contribution is -0.112. The Balaban J connectivity index is 1.87. The molecule has 0 aliphatic heterocycles. The standard InChI is InChI=1S/C24H28N2O3/c1-25(2)20-10-8-16(14-22(20)27)12-18-6-5-7-19(24(18)29)13-17-9-11-21(26(3)4)23(28)15-17/h8-15,27-28H,5-7H2,1-4H3/b18-12+,19-13+. The van der Waals surface area contributed by atoms with Gasteiger partial charge in [0.1, 0.15) is 11.5 Å². The summed E-state index contributed by atoms with van der Waals surface area (Å²) in [6, 6.07) is 10.9. The summed E-state index contributed by atoms with van der Waals surface area (Å²) in [6.45, 7) is 0. The number of benzene rings is 2. The highest BCUT2D eigenvalue weighted by Gasteiger charge is 2.21. The van der Waals surface area contributed by atoms with Crippen LogP contribution in [0.3, 0.4) is 0 Å². The second kappa shape index (κ2) is 8.43. The normalized spacial score (nSPS) is 17.0. The molecule has 0 unspecified atom stereocenters. The first-order valence-corrected chi connectivity index (χ1v) is 9.73. The smallest absolute Gasteiger partial charge is 0.185 e. The summed E-state index contributed by atoms with van der Waals surface area (Å²) < 4.78 is 0. The molecule has 0 bridgehead atoms.